The van der Waals surface area contributed by atoms with E-state index in [4.69, 9.17) is 0 Å². The molecule has 9 heteroatoms. The van der Waals surface area contributed by atoms with Crippen LogP contribution >= 0.6 is 0 Å². The number of rotatable bonds is 5. The molecule has 0 unspecified atom stereocenters. The number of carbonyl (C=O) groups is 1. The van der Waals surface area contributed by atoms with Crippen molar-refractivity contribution in [3.8, 4) is 0 Å². The number of anilines is 3. The number of pyridine rings is 2. The largest absolute Gasteiger partial charge is 0.368 e. The highest BCUT2D eigenvalue weighted by molar-refractivity contribution is 5.99. The molecule has 1 N–H and O–H groups in total. The van der Waals surface area contributed by atoms with E-state index < -0.39 is 0 Å². The maximum atomic E-state index is 12.6. The van der Waals surface area contributed by atoms with Crippen molar-refractivity contribution in [3.63, 3.8) is 0 Å². The Hall–Kier alpha value is -3.33. The third-order valence-corrected chi connectivity index (χ3v) is 6.99. The summed E-state index contributed by atoms with van der Waals surface area (Å²) in [6, 6.07) is 4.79. The van der Waals surface area contributed by atoms with Crippen LogP contribution in [-0.2, 0) is 7.05 Å². The van der Waals surface area contributed by atoms with E-state index in [0.29, 0.717) is 28.4 Å². The molecule has 0 spiro atoms. The minimum atomic E-state index is -0.350. The molecule has 0 radical (unpaired) electrons. The summed E-state index contributed by atoms with van der Waals surface area (Å²) in [6.07, 6.45) is 7.59. The van der Waals surface area contributed by atoms with Crippen molar-refractivity contribution in [2.24, 2.45) is 7.05 Å². The Morgan fingerprint density at radius 3 is 2.45 bits per heavy atom. The van der Waals surface area contributed by atoms with Crippen LogP contribution in [0, 0.1) is 6.92 Å². The number of nitrogens with one attached hydrogen (secondary N) is 1. The lowest BCUT2D eigenvalue weighted by atomic mass is 9.91. The number of carbonyl (C=O) groups excluding carboxylic acids is 1. The van der Waals surface area contributed by atoms with Crippen molar-refractivity contribution in [3.05, 3.63) is 46.0 Å². The summed E-state index contributed by atoms with van der Waals surface area (Å²) in [7, 11) is 1.62. The summed E-state index contributed by atoms with van der Waals surface area (Å²) in [6.45, 7) is 7.42. The first-order chi connectivity index (χ1) is 15.9. The fourth-order valence-corrected chi connectivity index (χ4v) is 4.79. The molecule has 5 rings (SSSR count). The molecule has 0 atom stereocenters. The Bertz CT molecular complexity index is 1260. The molecule has 1 saturated carbocycles. The summed E-state index contributed by atoms with van der Waals surface area (Å²) in [5.74, 6) is 0.723. The van der Waals surface area contributed by atoms with Crippen LogP contribution in [0.1, 0.15) is 42.1 Å². The lowest BCUT2D eigenvalue weighted by Crippen LogP contribution is -2.52. The van der Waals surface area contributed by atoms with E-state index in [1.165, 1.54) is 30.8 Å². The van der Waals surface area contributed by atoms with Gasteiger partial charge in [-0.05, 0) is 44.4 Å². The average Bonchev–Trinajstić information content (AvgIpc) is 2.77. The highest BCUT2D eigenvalue weighted by Gasteiger charge is 2.28. The van der Waals surface area contributed by atoms with Gasteiger partial charge in [-0.25, -0.2) is 9.97 Å². The zero-order chi connectivity index (χ0) is 23.1. The molecule has 1 aliphatic heterocycles. The Morgan fingerprint density at radius 2 is 1.85 bits per heavy atom. The molecule has 2 fully saturated rings. The molecule has 9 nitrogen and oxygen atoms in total. The SMILES string of the molecule is CC(=O)c1c(C)c2cnc(Nc3ccc(N4CCN(C5CCC5)CC4)cn3)nc2n(C)c1=O. The molecule has 1 aliphatic carbocycles. The number of nitrogens with zero attached hydrogens (tertiary/aromatic N) is 6. The monoisotopic (exact) mass is 447 g/mol. The topological polar surface area (TPSA) is 96.2 Å². The highest BCUT2D eigenvalue weighted by atomic mass is 16.1. The van der Waals surface area contributed by atoms with E-state index >= 15 is 0 Å². The predicted molar refractivity (Wildman–Crippen MR) is 128 cm³/mol. The number of fused-ring (bicyclic) bond motifs is 1. The molecule has 0 amide bonds. The molecule has 4 heterocycles. The number of Topliss-reactive ketones (excluding diaryl/α,β-unsaturated/α-hetero) is 1. The van der Waals surface area contributed by atoms with Gasteiger partial charge >= 0.3 is 0 Å². The minimum Gasteiger partial charge on any atom is -0.368 e. The fourth-order valence-electron chi connectivity index (χ4n) is 4.79. The summed E-state index contributed by atoms with van der Waals surface area (Å²) in [4.78, 5) is 43.0. The van der Waals surface area contributed by atoms with Gasteiger partial charge in [0.15, 0.2) is 5.78 Å². The number of piperazine rings is 1. The molecular formula is C24H29N7O2. The van der Waals surface area contributed by atoms with E-state index in [1.807, 2.05) is 12.3 Å². The molecule has 33 heavy (non-hydrogen) atoms. The molecule has 0 aromatic carbocycles. The highest BCUT2D eigenvalue weighted by Crippen LogP contribution is 2.27. The number of hydrogen-bond donors (Lipinski definition) is 1. The van der Waals surface area contributed by atoms with Gasteiger partial charge in [0.05, 0.1) is 17.4 Å². The Morgan fingerprint density at radius 1 is 1.09 bits per heavy atom. The van der Waals surface area contributed by atoms with Gasteiger partial charge in [-0.2, -0.15) is 4.98 Å². The molecule has 3 aromatic rings. The summed E-state index contributed by atoms with van der Waals surface area (Å²) >= 11 is 0. The van der Waals surface area contributed by atoms with Crippen LogP contribution < -0.4 is 15.8 Å². The lowest BCUT2D eigenvalue weighted by Gasteiger charge is -2.43. The number of aryl methyl sites for hydroxylation is 2. The summed E-state index contributed by atoms with van der Waals surface area (Å²) in [5, 5.41) is 3.80. The number of hydrogen-bond acceptors (Lipinski definition) is 8. The van der Waals surface area contributed by atoms with Crippen molar-refractivity contribution >= 4 is 34.3 Å². The van der Waals surface area contributed by atoms with Crippen LogP contribution in [0.4, 0.5) is 17.5 Å². The molecule has 1 saturated heterocycles. The summed E-state index contributed by atoms with van der Waals surface area (Å²) < 4.78 is 1.39. The maximum absolute atomic E-state index is 12.6. The van der Waals surface area contributed by atoms with Gasteiger partial charge < -0.3 is 10.2 Å². The molecular weight excluding hydrogens is 418 g/mol. The van der Waals surface area contributed by atoms with E-state index in [1.54, 1.807) is 20.2 Å². The van der Waals surface area contributed by atoms with Crippen molar-refractivity contribution in [1.29, 1.82) is 0 Å². The molecule has 2 aliphatic rings. The first-order valence-electron chi connectivity index (χ1n) is 11.5. The summed E-state index contributed by atoms with van der Waals surface area (Å²) in [5.41, 5.74) is 2.02. The van der Waals surface area contributed by atoms with Crippen LogP contribution in [0.5, 0.6) is 0 Å². The predicted octanol–water partition coefficient (Wildman–Crippen LogP) is 2.65. The van der Waals surface area contributed by atoms with E-state index in [2.05, 4.69) is 36.1 Å². The second-order valence-electron chi connectivity index (χ2n) is 8.99. The van der Waals surface area contributed by atoms with Gasteiger partial charge in [-0.1, -0.05) is 6.42 Å². The number of ketones is 1. The molecule has 172 valence electrons. The Labute approximate surface area is 192 Å². The van der Waals surface area contributed by atoms with E-state index in [-0.39, 0.29) is 16.9 Å². The normalized spacial score (nSPS) is 17.2. The Balaban J connectivity index is 1.31. The standard InChI is InChI=1S/C24H29N7O2/c1-15-19-14-26-24(28-22(19)29(3)23(33)21(15)16(2)32)27-20-8-7-18(13-25-20)31-11-9-30(10-12-31)17-5-4-6-17/h7-8,13-14,17H,4-6,9-12H2,1-3H3,(H,25,26,27,28). The zero-order valence-corrected chi connectivity index (χ0v) is 19.3. The van der Waals surface area contributed by atoms with E-state index in [9.17, 15) is 9.59 Å². The van der Waals surface area contributed by atoms with Gasteiger partial charge in [0.1, 0.15) is 11.5 Å². The smallest absolute Gasteiger partial charge is 0.263 e. The maximum Gasteiger partial charge on any atom is 0.263 e. The van der Waals surface area contributed by atoms with Crippen molar-refractivity contribution in [1.82, 2.24) is 24.4 Å². The molecule has 0 bridgehead atoms. The fraction of sp³-hybridized carbons (Fsp3) is 0.458. The lowest BCUT2D eigenvalue weighted by molar-refractivity contribution is 0.101. The van der Waals surface area contributed by atoms with Crippen molar-refractivity contribution in [2.45, 2.75) is 39.2 Å². The van der Waals surface area contributed by atoms with Crippen molar-refractivity contribution in [2.75, 3.05) is 36.4 Å². The first-order valence-corrected chi connectivity index (χ1v) is 11.5. The van der Waals surface area contributed by atoms with Gasteiger partial charge in [-0.15, -0.1) is 0 Å². The Kier molecular flexibility index (Phi) is 5.57. The van der Waals surface area contributed by atoms with Crippen LogP contribution in [0.3, 0.4) is 0 Å². The van der Waals surface area contributed by atoms with E-state index in [0.717, 1.165) is 37.9 Å². The van der Waals surface area contributed by atoms with Gasteiger partial charge in [0.2, 0.25) is 5.95 Å². The second-order valence-corrected chi connectivity index (χ2v) is 8.99. The minimum absolute atomic E-state index is 0.181. The average molecular weight is 448 g/mol. The van der Waals surface area contributed by atoms with Crippen LogP contribution in [0.2, 0.25) is 0 Å². The second kappa shape index (κ2) is 8.55. The zero-order valence-electron chi connectivity index (χ0n) is 19.3. The molecule has 3 aromatic heterocycles. The first kappa shape index (κ1) is 21.5. The van der Waals surface area contributed by atoms with Crippen molar-refractivity contribution < 1.29 is 4.79 Å². The third kappa shape index (κ3) is 3.97. The van der Waals surface area contributed by atoms with Gasteiger partial charge in [0, 0.05) is 50.9 Å². The quantitative estimate of drug-likeness (QED) is 0.597. The van der Waals surface area contributed by atoms with Crippen LogP contribution in [0.25, 0.3) is 11.0 Å². The van der Waals surface area contributed by atoms with Gasteiger partial charge in [-0.3, -0.25) is 19.1 Å². The van der Waals surface area contributed by atoms with Gasteiger partial charge in [0.25, 0.3) is 5.56 Å². The van der Waals surface area contributed by atoms with Crippen LogP contribution in [0.15, 0.2) is 29.3 Å². The number of aromatic nitrogens is 4. The van der Waals surface area contributed by atoms with Crippen LogP contribution in [-0.4, -0.2) is 62.4 Å². The third-order valence-electron chi connectivity index (χ3n) is 6.99.